The third-order valence-electron chi connectivity index (χ3n) is 5.73. The summed E-state index contributed by atoms with van der Waals surface area (Å²) in [5.74, 6) is -0.680. The van der Waals surface area contributed by atoms with E-state index in [0.29, 0.717) is 24.3 Å². The predicted molar refractivity (Wildman–Crippen MR) is 114 cm³/mol. The van der Waals surface area contributed by atoms with Crippen molar-refractivity contribution in [3.05, 3.63) is 89.7 Å². The molecular formula is C25H24FNO3. The van der Waals surface area contributed by atoms with Crippen molar-refractivity contribution >= 4 is 5.97 Å². The summed E-state index contributed by atoms with van der Waals surface area (Å²) in [5.41, 5.74) is 3.72. The van der Waals surface area contributed by atoms with Crippen LogP contribution in [0.3, 0.4) is 0 Å². The van der Waals surface area contributed by atoms with E-state index in [0.717, 1.165) is 23.1 Å². The van der Waals surface area contributed by atoms with Crippen LogP contribution in [-0.2, 0) is 4.79 Å². The van der Waals surface area contributed by atoms with Gasteiger partial charge in [0.25, 0.3) is 0 Å². The Morgan fingerprint density at radius 3 is 2.43 bits per heavy atom. The Morgan fingerprint density at radius 1 is 1.07 bits per heavy atom. The van der Waals surface area contributed by atoms with E-state index in [4.69, 9.17) is 4.74 Å². The average Bonchev–Trinajstić information content (AvgIpc) is 3.25. The SMILES string of the molecule is COc1ccc(F)cc1C(c1ccc(-c2ccccc2)cc1)N1CCCC1C(=O)O. The highest BCUT2D eigenvalue weighted by atomic mass is 19.1. The van der Waals surface area contributed by atoms with Gasteiger partial charge in [0, 0.05) is 12.1 Å². The lowest BCUT2D eigenvalue weighted by atomic mass is 9.93. The van der Waals surface area contributed by atoms with Crippen molar-refractivity contribution in [2.75, 3.05) is 13.7 Å². The zero-order chi connectivity index (χ0) is 21.1. The second-order valence-electron chi connectivity index (χ2n) is 7.51. The highest BCUT2D eigenvalue weighted by Gasteiger charge is 2.38. The van der Waals surface area contributed by atoms with Crippen LogP contribution < -0.4 is 4.74 Å². The van der Waals surface area contributed by atoms with Crippen molar-refractivity contribution < 1.29 is 19.0 Å². The molecule has 30 heavy (non-hydrogen) atoms. The summed E-state index contributed by atoms with van der Waals surface area (Å²) in [6, 6.07) is 21.5. The third-order valence-corrected chi connectivity index (χ3v) is 5.73. The average molecular weight is 405 g/mol. The number of likely N-dealkylation sites (tertiary alicyclic amines) is 1. The van der Waals surface area contributed by atoms with Crippen molar-refractivity contribution in [1.82, 2.24) is 4.90 Å². The number of hydrogen-bond donors (Lipinski definition) is 1. The maximum atomic E-state index is 14.2. The van der Waals surface area contributed by atoms with Gasteiger partial charge < -0.3 is 9.84 Å². The summed E-state index contributed by atoms with van der Waals surface area (Å²) >= 11 is 0. The maximum absolute atomic E-state index is 14.2. The summed E-state index contributed by atoms with van der Waals surface area (Å²) in [5, 5.41) is 9.75. The van der Waals surface area contributed by atoms with Gasteiger partial charge in [-0.3, -0.25) is 9.69 Å². The van der Waals surface area contributed by atoms with Crippen molar-refractivity contribution in [3.63, 3.8) is 0 Å². The quantitative estimate of drug-likeness (QED) is 0.617. The molecule has 1 saturated heterocycles. The third kappa shape index (κ3) is 3.94. The Balaban J connectivity index is 1.80. The standard InChI is InChI=1S/C25H24FNO3/c1-30-23-14-13-20(26)16-21(23)24(27-15-5-8-22(27)25(28)29)19-11-9-18(10-12-19)17-6-3-2-4-7-17/h2-4,6-7,9-14,16,22,24H,5,8,15H2,1H3,(H,28,29). The molecule has 0 spiro atoms. The van der Waals surface area contributed by atoms with Gasteiger partial charge >= 0.3 is 5.97 Å². The maximum Gasteiger partial charge on any atom is 0.320 e. The van der Waals surface area contributed by atoms with E-state index in [9.17, 15) is 14.3 Å². The fourth-order valence-corrected chi connectivity index (χ4v) is 4.32. The first-order valence-electron chi connectivity index (χ1n) is 10.1. The monoisotopic (exact) mass is 405 g/mol. The van der Waals surface area contributed by atoms with Gasteiger partial charge in [-0.15, -0.1) is 0 Å². The van der Waals surface area contributed by atoms with Gasteiger partial charge in [0.15, 0.2) is 0 Å². The van der Waals surface area contributed by atoms with Crippen molar-refractivity contribution in [3.8, 4) is 16.9 Å². The van der Waals surface area contributed by atoms with Crippen LogP contribution in [0.1, 0.15) is 30.0 Å². The molecule has 0 radical (unpaired) electrons. The van der Waals surface area contributed by atoms with Gasteiger partial charge in [-0.25, -0.2) is 4.39 Å². The molecule has 4 rings (SSSR count). The number of rotatable bonds is 6. The van der Waals surface area contributed by atoms with Crippen molar-refractivity contribution in [2.24, 2.45) is 0 Å². The van der Waals surface area contributed by atoms with E-state index in [-0.39, 0.29) is 5.82 Å². The van der Waals surface area contributed by atoms with Gasteiger partial charge in [-0.05, 0) is 47.7 Å². The molecule has 0 saturated carbocycles. The van der Waals surface area contributed by atoms with E-state index in [2.05, 4.69) is 0 Å². The number of ether oxygens (including phenoxy) is 1. The first kappa shape index (κ1) is 20.1. The second-order valence-corrected chi connectivity index (χ2v) is 7.51. The van der Waals surface area contributed by atoms with Gasteiger partial charge in [-0.1, -0.05) is 54.6 Å². The number of carbonyl (C=O) groups is 1. The molecule has 3 aromatic carbocycles. The minimum absolute atomic E-state index is 0.372. The molecule has 0 bridgehead atoms. The number of nitrogens with zero attached hydrogens (tertiary/aromatic N) is 1. The molecule has 0 amide bonds. The molecule has 1 aliphatic heterocycles. The van der Waals surface area contributed by atoms with Crippen LogP contribution in [0, 0.1) is 5.82 Å². The molecule has 0 aromatic heterocycles. The lowest BCUT2D eigenvalue weighted by Crippen LogP contribution is -2.39. The molecule has 3 aromatic rings. The smallest absolute Gasteiger partial charge is 0.320 e. The summed E-state index contributed by atoms with van der Waals surface area (Å²) in [7, 11) is 1.55. The molecule has 1 fully saturated rings. The van der Waals surface area contributed by atoms with Crippen LogP contribution in [-0.4, -0.2) is 35.7 Å². The van der Waals surface area contributed by atoms with E-state index >= 15 is 0 Å². The highest BCUT2D eigenvalue weighted by molar-refractivity contribution is 5.74. The Morgan fingerprint density at radius 2 is 1.77 bits per heavy atom. The summed E-state index contributed by atoms with van der Waals surface area (Å²) in [6.07, 6.45) is 1.36. The first-order valence-corrected chi connectivity index (χ1v) is 10.1. The van der Waals surface area contributed by atoms with E-state index in [1.807, 2.05) is 59.5 Å². The molecular weight excluding hydrogens is 381 g/mol. The van der Waals surface area contributed by atoms with Gasteiger partial charge in [-0.2, -0.15) is 0 Å². The Hall–Kier alpha value is -3.18. The van der Waals surface area contributed by atoms with Gasteiger partial charge in [0.05, 0.1) is 13.2 Å². The number of aliphatic carboxylic acids is 1. The number of benzene rings is 3. The minimum Gasteiger partial charge on any atom is -0.496 e. The van der Waals surface area contributed by atoms with E-state index in [1.54, 1.807) is 13.2 Å². The molecule has 0 aliphatic carbocycles. The van der Waals surface area contributed by atoms with Crippen LogP contribution >= 0.6 is 0 Å². The summed E-state index contributed by atoms with van der Waals surface area (Å²) in [6.45, 7) is 0.627. The zero-order valence-corrected chi connectivity index (χ0v) is 16.8. The fourth-order valence-electron chi connectivity index (χ4n) is 4.32. The number of carboxylic acids is 1. The van der Waals surface area contributed by atoms with Gasteiger partial charge in [0.1, 0.15) is 17.6 Å². The highest BCUT2D eigenvalue weighted by Crippen LogP contribution is 2.39. The van der Waals surface area contributed by atoms with E-state index < -0.39 is 18.1 Å². The minimum atomic E-state index is -0.853. The second kappa shape index (κ2) is 8.67. The zero-order valence-electron chi connectivity index (χ0n) is 16.8. The molecule has 1 heterocycles. The van der Waals surface area contributed by atoms with Crippen LogP contribution in [0.25, 0.3) is 11.1 Å². The normalized spacial score (nSPS) is 17.6. The number of halogens is 1. The molecule has 2 unspecified atom stereocenters. The number of carboxylic acid groups (broad SMARTS) is 1. The fraction of sp³-hybridized carbons (Fsp3) is 0.240. The topological polar surface area (TPSA) is 49.8 Å². The van der Waals surface area contributed by atoms with E-state index in [1.165, 1.54) is 12.1 Å². The Bertz CT molecular complexity index is 1020. The number of methoxy groups -OCH3 is 1. The molecule has 4 nitrogen and oxygen atoms in total. The number of hydrogen-bond acceptors (Lipinski definition) is 3. The molecule has 1 N–H and O–H groups in total. The predicted octanol–water partition coefficient (Wildman–Crippen LogP) is 5.14. The first-order chi connectivity index (χ1) is 14.6. The van der Waals surface area contributed by atoms with Crippen LogP contribution in [0.15, 0.2) is 72.8 Å². The lowest BCUT2D eigenvalue weighted by molar-refractivity contribution is -0.142. The van der Waals surface area contributed by atoms with Crippen molar-refractivity contribution in [1.29, 1.82) is 0 Å². The largest absolute Gasteiger partial charge is 0.496 e. The molecule has 2 atom stereocenters. The van der Waals surface area contributed by atoms with Crippen LogP contribution in [0.4, 0.5) is 4.39 Å². The summed E-state index contributed by atoms with van der Waals surface area (Å²) < 4.78 is 19.7. The van der Waals surface area contributed by atoms with Crippen LogP contribution in [0.2, 0.25) is 0 Å². The molecule has 154 valence electrons. The summed E-state index contributed by atoms with van der Waals surface area (Å²) in [4.78, 5) is 13.8. The van der Waals surface area contributed by atoms with Crippen molar-refractivity contribution in [2.45, 2.75) is 24.9 Å². The Labute approximate surface area is 175 Å². The van der Waals surface area contributed by atoms with Gasteiger partial charge in [0.2, 0.25) is 0 Å². The molecule has 5 heteroatoms. The Kier molecular flexibility index (Phi) is 5.81. The molecule has 1 aliphatic rings. The van der Waals surface area contributed by atoms with Crippen LogP contribution in [0.5, 0.6) is 5.75 Å². The lowest BCUT2D eigenvalue weighted by Gasteiger charge is -2.33.